The molecular formula is C37H58O11Si. The number of carbonyl (C=O) groups excluding carboxylic acids is 1. The van der Waals surface area contributed by atoms with Gasteiger partial charge in [-0.3, -0.25) is 0 Å². The van der Waals surface area contributed by atoms with Crippen molar-refractivity contribution in [2.45, 2.75) is 25.8 Å². The van der Waals surface area contributed by atoms with Gasteiger partial charge in [-0.1, -0.05) is 88.0 Å². The van der Waals surface area contributed by atoms with Crippen LogP contribution in [0.25, 0.3) is 0 Å². The average Bonchev–Trinajstić information content (AvgIpc) is 3.11. The lowest BCUT2D eigenvalue weighted by Crippen LogP contribution is -2.66. The maximum Gasteiger partial charge on any atom is 0.330 e. The molecule has 0 bridgehead atoms. The fourth-order valence-corrected chi connectivity index (χ4v) is 9.46. The van der Waals surface area contributed by atoms with Gasteiger partial charge in [-0.15, -0.1) is 0 Å². The third-order valence-electron chi connectivity index (χ3n) is 7.21. The molecule has 0 aliphatic rings. The molecule has 0 aliphatic heterocycles. The predicted octanol–water partition coefficient (Wildman–Crippen LogP) is 3.43. The lowest BCUT2D eigenvalue weighted by atomic mass is 10.2. The number of esters is 1. The molecule has 11 nitrogen and oxygen atoms in total. The SMILES string of the molecule is C=CC(=O)OCCOCCOCCOCCOCCOCCOCCOCCOCCO[Si](c1ccccc1)(c1ccccc1)C(C)(C)C. The van der Waals surface area contributed by atoms with Crippen LogP contribution in [0.2, 0.25) is 5.04 Å². The van der Waals surface area contributed by atoms with E-state index in [1.807, 2.05) is 0 Å². The van der Waals surface area contributed by atoms with Crippen LogP contribution in [-0.2, 0) is 51.9 Å². The van der Waals surface area contributed by atoms with Crippen molar-refractivity contribution in [3.05, 3.63) is 73.3 Å². The summed E-state index contributed by atoms with van der Waals surface area (Å²) < 4.78 is 55.8. The van der Waals surface area contributed by atoms with E-state index in [-0.39, 0.29) is 11.6 Å². The van der Waals surface area contributed by atoms with E-state index in [2.05, 4.69) is 88.0 Å². The second kappa shape index (κ2) is 27.3. The van der Waals surface area contributed by atoms with Gasteiger partial charge in [-0.05, 0) is 15.4 Å². The number of benzene rings is 2. The Morgan fingerprint density at radius 2 is 0.796 bits per heavy atom. The van der Waals surface area contributed by atoms with E-state index >= 15 is 0 Å². The number of hydrogen-bond donors (Lipinski definition) is 0. The van der Waals surface area contributed by atoms with Crippen molar-refractivity contribution in [2.24, 2.45) is 0 Å². The zero-order valence-electron chi connectivity index (χ0n) is 29.8. The van der Waals surface area contributed by atoms with Crippen molar-refractivity contribution in [3.63, 3.8) is 0 Å². The summed E-state index contributed by atoms with van der Waals surface area (Å²) in [7, 11) is -2.54. The third kappa shape index (κ3) is 18.4. The molecule has 0 radical (unpaired) electrons. The van der Waals surface area contributed by atoms with E-state index in [1.54, 1.807) is 0 Å². The van der Waals surface area contributed by atoms with Gasteiger partial charge < -0.3 is 47.1 Å². The number of carbonyl (C=O) groups is 1. The summed E-state index contributed by atoms with van der Waals surface area (Å²) in [5.41, 5.74) is 0. The second-order valence-corrected chi connectivity index (χ2v) is 16.1. The lowest BCUT2D eigenvalue weighted by molar-refractivity contribution is -0.139. The van der Waals surface area contributed by atoms with Crippen LogP contribution in [0.15, 0.2) is 73.3 Å². The van der Waals surface area contributed by atoms with Crippen LogP contribution >= 0.6 is 0 Å². The van der Waals surface area contributed by atoms with Crippen LogP contribution in [-0.4, -0.2) is 133 Å². The molecule has 0 aliphatic carbocycles. The van der Waals surface area contributed by atoms with E-state index in [0.29, 0.717) is 112 Å². The summed E-state index contributed by atoms with van der Waals surface area (Å²) in [5, 5.41) is 2.47. The highest BCUT2D eigenvalue weighted by molar-refractivity contribution is 6.99. The van der Waals surface area contributed by atoms with Gasteiger partial charge in [0.15, 0.2) is 0 Å². The quantitative estimate of drug-likeness (QED) is 0.0498. The van der Waals surface area contributed by atoms with Crippen molar-refractivity contribution in [2.75, 3.05) is 119 Å². The minimum Gasteiger partial charge on any atom is -0.460 e. The molecule has 2 rings (SSSR count). The van der Waals surface area contributed by atoms with Crippen molar-refractivity contribution in [3.8, 4) is 0 Å². The Labute approximate surface area is 294 Å². The average molecular weight is 707 g/mol. The van der Waals surface area contributed by atoms with Crippen molar-refractivity contribution in [1.29, 1.82) is 0 Å². The highest BCUT2D eigenvalue weighted by atomic mass is 28.4. The van der Waals surface area contributed by atoms with Crippen molar-refractivity contribution < 1.29 is 51.9 Å². The summed E-state index contributed by atoms with van der Waals surface area (Å²) in [6.45, 7) is 18.4. The Kier molecular flexibility index (Phi) is 23.7. The zero-order chi connectivity index (χ0) is 35.3. The topological polar surface area (TPSA) is 109 Å². The number of hydrogen-bond acceptors (Lipinski definition) is 11. The molecule has 2 aromatic carbocycles. The van der Waals surface area contributed by atoms with Crippen LogP contribution in [0.1, 0.15) is 20.8 Å². The molecule has 2 aromatic rings. The number of ether oxygens (including phenoxy) is 9. The zero-order valence-corrected chi connectivity index (χ0v) is 30.8. The predicted molar refractivity (Wildman–Crippen MR) is 191 cm³/mol. The van der Waals surface area contributed by atoms with E-state index in [4.69, 9.17) is 47.1 Å². The van der Waals surface area contributed by atoms with Crippen LogP contribution < -0.4 is 10.4 Å². The largest absolute Gasteiger partial charge is 0.460 e. The van der Waals surface area contributed by atoms with Crippen LogP contribution in [0.4, 0.5) is 0 Å². The molecule has 0 heterocycles. The summed E-state index contributed by atoms with van der Waals surface area (Å²) >= 11 is 0. The standard InChI is InChI=1S/C37H58O11Si/c1-5-36(38)47-32-30-45-28-26-43-24-22-41-20-18-39-16-17-40-19-21-42-23-25-44-27-29-46-31-33-48-49(37(2,3)4,34-12-8-6-9-13-34)35-14-10-7-11-15-35/h5-15H,1,16-33H2,2-4H3. The Hall–Kier alpha value is -2.49. The molecule has 276 valence electrons. The third-order valence-corrected chi connectivity index (χ3v) is 12.2. The minimum absolute atomic E-state index is 0.0587. The molecule has 0 atom stereocenters. The maximum atomic E-state index is 10.9. The smallest absolute Gasteiger partial charge is 0.330 e. The normalized spacial score (nSPS) is 11.9. The van der Waals surface area contributed by atoms with Crippen LogP contribution in [0.3, 0.4) is 0 Å². The molecule has 0 spiro atoms. The van der Waals surface area contributed by atoms with Gasteiger partial charge >= 0.3 is 5.97 Å². The first kappa shape index (κ1) is 42.7. The summed E-state index contributed by atoms with van der Waals surface area (Å²) in [6.07, 6.45) is 1.12. The molecule has 0 aromatic heterocycles. The van der Waals surface area contributed by atoms with E-state index < -0.39 is 14.3 Å². The molecule has 0 saturated heterocycles. The molecule has 12 heteroatoms. The molecular weight excluding hydrogens is 648 g/mol. The first-order valence-electron chi connectivity index (χ1n) is 17.1. The van der Waals surface area contributed by atoms with Crippen LogP contribution in [0.5, 0.6) is 0 Å². The monoisotopic (exact) mass is 706 g/mol. The van der Waals surface area contributed by atoms with Gasteiger partial charge in [0.25, 0.3) is 8.32 Å². The van der Waals surface area contributed by atoms with Crippen molar-refractivity contribution >= 4 is 24.7 Å². The van der Waals surface area contributed by atoms with Gasteiger partial charge in [-0.25, -0.2) is 4.79 Å². The molecule has 0 fully saturated rings. The fraction of sp³-hybridized carbons (Fsp3) is 0.595. The van der Waals surface area contributed by atoms with Gasteiger partial charge in [-0.2, -0.15) is 0 Å². The Balaban J connectivity index is 1.36. The number of rotatable bonds is 31. The van der Waals surface area contributed by atoms with Gasteiger partial charge in [0, 0.05) is 6.08 Å². The minimum atomic E-state index is -2.54. The highest BCUT2D eigenvalue weighted by Crippen LogP contribution is 2.36. The van der Waals surface area contributed by atoms with E-state index in [9.17, 15) is 4.79 Å². The first-order chi connectivity index (χ1) is 23.9. The first-order valence-corrected chi connectivity index (χ1v) is 19.0. The second-order valence-electron chi connectivity index (χ2n) is 11.8. The van der Waals surface area contributed by atoms with Gasteiger partial charge in [0.2, 0.25) is 0 Å². The molecule has 0 saturated carbocycles. The molecule has 0 N–H and O–H groups in total. The molecule has 49 heavy (non-hydrogen) atoms. The van der Waals surface area contributed by atoms with Gasteiger partial charge in [0.05, 0.1) is 112 Å². The maximum absolute atomic E-state index is 10.9. The van der Waals surface area contributed by atoms with Gasteiger partial charge in [0.1, 0.15) is 6.61 Å². The summed E-state index contributed by atoms with van der Waals surface area (Å²) in [6, 6.07) is 21.2. The van der Waals surface area contributed by atoms with Crippen molar-refractivity contribution in [1.82, 2.24) is 0 Å². The summed E-state index contributed by atoms with van der Waals surface area (Å²) in [5.74, 6) is -0.458. The van der Waals surface area contributed by atoms with E-state index in [1.165, 1.54) is 10.4 Å². The highest BCUT2D eigenvalue weighted by Gasteiger charge is 2.50. The lowest BCUT2D eigenvalue weighted by Gasteiger charge is -2.43. The molecule has 0 amide bonds. The Morgan fingerprint density at radius 1 is 0.510 bits per heavy atom. The summed E-state index contributed by atoms with van der Waals surface area (Å²) in [4.78, 5) is 10.9. The van der Waals surface area contributed by atoms with E-state index in [0.717, 1.165) is 6.08 Å². The Bertz CT molecular complexity index is 1040. The molecule has 0 unspecified atom stereocenters. The van der Waals surface area contributed by atoms with Crippen LogP contribution in [0, 0.1) is 0 Å². The fourth-order valence-electron chi connectivity index (χ4n) is 4.92. The Morgan fingerprint density at radius 3 is 1.08 bits per heavy atom.